The van der Waals surface area contributed by atoms with Crippen molar-refractivity contribution in [1.82, 2.24) is 5.32 Å². The zero-order valence-electron chi connectivity index (χ0n) is 13.5. The summed E-state index contributed by atoms with van der Waals surface area (Å²) in [6.45, 7) is 2.99. The summed E-state index contributed by atoms with van der Waals surface area (Å²) in [6.07, 6.45) is 2.92. The van der Waals surface area contributed by atoms with E-state index in [1.807, 2.05) is 12.1 Å². The Bertz CT molecular complexity index is 641. The Balaban J connectivity index is 1.76. The van der Waals surface area contributed by atoms with Crippen LogP contribution in [0.4, 0.5) is 0 Å². The second-order valence-corrected chi connectivity index (χ2v) is 5.85. The smallest absolute Gasteiger partial charge is 0.252 e. The number of amides is 1. The van der Waals surface area contributed by atoms with Crippen LogP contribution in [-0.4, -0.2) is 23.6 Å². The summed E-state index contributed by atoms with van der Waals surface area (Å²) in [7, 11) is 0. The fourth-order valence-electron chi connectivity index (χ4n) is 2.53. The lowest BCUT2D eigenvalue weighted by Crippen LogP contribution is -2.28. The van der Waals surface area contributed by atoms with Gasteiger partial charge in [0.2, 0.25) is 0 Å². The molecule has 122 valence electrons. The fourth-order valence-corrected chi connectivity index (χ4v) is 2.53. The number of nitrogens with two attached hydrogens (primary N) is 1. The number of phenols is 1. The van der Waals surface area contributed by atoms with Crippen molar-refractivity contribution < 1.29 is 9.90 Å². The molecule has 2 rings (SSSR count). The molecule has 4 heteroatoms. The van der Waals surface area contributed by atoms with Gasteiger partial charge in [-0.1, -0.05) is 36.4 Å². The van der Waals surface area contributed by atoms with Gasteiger partial charge in [0.15, 0.2) is 0 Å². The van der Waals surface area contributed by atoms with E-state index in [1.165, 1.54) is 11.6 Å². The molecule has 1 amide bonds. The van der Waals surface area contributed by atoms with Crippen molar-refractivity contribution in [2.45, 2.75) is 32.2 Å². The first-order valence-electron chi connectivity index (χ1n) is 7.95. The van der Waals surface area contributed by atoms with E-state index in [0.717, 1.165) is 31.4 Å². The van der Waals surface area contributed by atoms with Crippen LogP contribution in [0.25, 0.3) is 0 Å². The summed E-state index contributed by atoms with van der Waals surface area (Å²) in [5.74, 6) is -0.668. The Labute approximate surface area is 137 Å². The Morgan fingerprint density at radius 3 is 2.57 bits per heavy atom. The molecule has 0 aliphatic rings. The predicted molar refractivity (Wildman–Crippen MR) is 92.6 cm³/mol. The number of hydrogen-bond donors (Lipinski definition) is 3. The second-order valence-electron chi connectivity index (χ2n) is 5.85. The molecule has 1 atom stereocenters. The highest BCUT2D eigenvalue weighted by atomic mass is 16.3. The highest BCUT2D eigenvalue weighted by molar-refractivity contribution is 5.95. The van der Waals surface area contributed by atoms with Crippen LogP contribution in [0.3, 0.4) is 0 Å². The number of hydrogen-bond acceptors (Lipinski definition) is 3. The van der Waals surface area contributed by atoms with Crippen LogP contribution in [0.2, 0.25) is 0 Å². The molecule has 2 aromatic carbocycles. The number of nitrogens with one attached hydrogen (secondary N) is 1. The molecule has 23 heavy (non-hydrogen) atoms. The lowest BCUT2D eigenvalue weighted by molar-refractivity contribution is 0.0997. The molecule has 0 radical (unpaired) electrons. The third-order valence-corrected chi connectivity index (χ3v) is 3.94. The van der Waals surface area contributed by atoms with E-state index in [-0.39, 0.29) is 11.3 Å². The maximum absolute atomic E-state index is 11.2. The Morgan fingerprint density at radius 2 is 1.87 bits per heavy atom. The molecule has 0 aromatic heterocycles. The summed E-state index contributed by atoms with van der Waals surface area (Å²) >= 11 is 0. The summed E-state index contributed by atoms with van der Waals surface area (Å²) in [5.41, 5.74) is 7.76. The van der Waals surface area contributed by atoms with E-state index in [4.69, 9.17) is 5.73 Å². The van der Waals surface area contributed by atoms with E-state index in [0.29, 0.717) is 6.04 Å². The Hall–Kier alpha value is -2.33. The minimum atomic E-state index is -0.603. The van der Waals surface area contributed by atoms with Gasteiger partial charge in [0.1, 0.15) is 5.75 Å². The van der Waals surface area contributed by atoms with Crippen LogP contribution in [0.15, 0.2) is 48.5 Å². The number of primary amides is 1. The topological polar surface area (TPSA) is 75.3 Å². The van der Waals surface area contributed by atoms with E-state index < -0.39 is 5.91 Å². The first kappa shape index (κ1) is 17.0. The zero-order valence-corrected chi connectivity index (χ0v) is 13.5. The van der Waals surface area contributed by atoms with E-state index in [1.54, 1.807) is 6.07 Å². The van der Waals surface area contributed by atoms with E-state index in [9.17, 15) is 9.90 Å². The maximum Gasteiger partial charge on any atom is 0.252 e. The number of carbonyl (C=O) groups is 1. The van der Waals surface area contributed by atoms with Crippen LogP contribution >= 0.6 is 0 Å². The molecule has 0 heterocycles. The zero-order chi connectivity index (χ0) is 16.7. The van der Waals surface area contributed by atoms with Crippen molar-refractivity contribution in [3.05, 3.63) is 65.2 Å². The van der Waals surface area contributed by atoms with Crippen LogP contribution < -0.4 is 11.1 Å². The first-order chi connectivity index (χ1) is 11.1. The lowest BCUT2D eigenvalue weighted by atomic mass is 10.0. The molecule has 4 nitrogen and oxygen atoms in total. The molecule has 0 saturated heterocycles. The number of aryl methyl sites for hydroxylation is 1. The summed E-state index contributed by atoms with van der Waals surface area (Å²) in [5, 5.41) is 13.1. The van der Waals surface area contributed by atoms with Crippen molar-refractivity contribution in [1.29, 1.82) is 0 Å². The van der Waals surface area contributed by atoms with E-state index >= 15 is 0 Å². The van der Waals surface area contributed by atoms with Crippen molar-refractivity contribution in [2.24, 2.45) is 5.73 Å². The van der Waals surface area contributed by atoms with Crippen molar-refractivity contribution in [2.75, 3.05) is 6.54 Å². The van der Waals surface area contributed by atoms with Gasteiger partial charge in [0.25, 0.3) is 5.91 Å². The molecule has 0 unspecified atom stereocenters. The van der Waals surface area contributed by atoms with Gasteiger partial charge in [-0.2, -0.15) is 0 Å². The van der Waals surface area contributed by atoms with Gasteiger partial charge in [0, 0.05) is 6.04 Å². The minimum Gasteiger partial charge on any atom is -0.507 e. The minimum absolute atomic E-state index is 0.0644. The van der Waals surface area contributed by atoms with Crippen LogP contribution in [0.1, 0.15) is 34.8 Å². The second kappa shape index (κ2) is 8.34. The third kappa shape index (κ3) is 5.42. The molecule has 0 aliphatic heterocycles. The summed E-state index contributed by atoms with van der Waals surface area (Å²) < 4.78 is 0. The number of carbonyl (C=O) groups excluding carboxylic acids is 1. The van der Waals surface area contributed by atoms with Gasteiger partial charge in [-0.15, -0.1) is 0 Å². The maximum atomic E-state index is 11.2. The molecule has 2 aromatic rings. The summed E-state index contributed by atoms with van der Waals surface area (Å²) in [6, 6.07) is 15.9. The first-order valence-corrected chi connectivity index (χ1v) is 7.95. The standard InChI is InChI=1S/C19H24N2O2/c1-14(7-8-15-5-3-2-4-6-15)21-12-11-16-9-10-18(22)17(13-16)19(20)23/h2-6,9-10,13-14,21-22H,7-8,11-12H2,1H3,(H2,20,23)/t14-/m1/s1. The van der Waals surface area contributed by atoms with Crippen molar-refractivity contribution in [3.8, 4) is 5.75 Å². The molecule has 0 fully saturated rings. The average molecular weight is 312 g/mol. The van der Waals surface area contributed by atoms with Crippen molar-refractivity contribution >= 4 is 5.91 Å². The molecule has 4 N–H and O–H groups in total. The van der Waals surface area contributed by atoms with Crippen LogP contribution in [0.5, 0.6) is 5.75 Å². The molecule has 0 saturated carbocycles. The van der Waals surface area contributed by atoms with Gasteiger partial charge < -0.3 is 16.2 Å². The van der Waals surface area contributed by atoms with Gasteiger partial charge in [-0.3, -0.25) is 4.79 Å². The highest BCUT2D eigenvalue weighted by Crippen LogP contribution is 2.18. The third-order valence-electron chi connectivity index (χ3n) is 3.94. The fraction of sp³-hybridized carbons (Fsp3) is 0.316. The van der Waals surface area contributed by atoms with Gasteiger partial charge in [-0.25, -0.2) is 0 Å². The highest BCUT2D eigenvalue weighted by Gasteiger charge is 2.08. The molecular formula is C19H24N2O2. The SMILES string of the molecule is C[C@H](CCc1ccccc1)NCCc1ccc(O)c(C(N)=O)c1. The predicted octanol–water partition coefficient (Wildman–Crippen LogP) is 2.64. The molecule has 0 bridgehead atoms. The monoisotopic (exact) mass is 312 g/mol. The number of rotatable bonds is 8. The number of aromatic hydroxyl groups is 1. The van der Waals surface area contributed by atoms with Crippen molar-refractivity contribution in [3.63, 3.8) is 0 Å². The molecular weight excluding hydrogens is 288 g/mol. The number of benzene rings is 2. The quantitative estimate of drug-likeness (QED) is 0.701. The normalized spacial score (nSPS) is 12.0. The average Bonchev–Trinajstić information content (AvgIpc) is 2.55. The van der Waals surface area contributed by atoms with Gasteiger partial charge >= 0.3 is 0 Å². The lowest BCUT2D eigenvalue weighted by Gasteiger charge is -2.14. The largest absolute Gasteiger partial charge is 0.507 e. The van der Waals surface area contributed by atoms with Crippen LogP contribution in [-0.2, 0) is 12.8 Å². The van der Waals surface area contributed by atoms with Gasteiger partial charge in [-0.05, 0) is 56.0 Å². The summed E-state index contributed by atoms with van der Waals surface area (Å²) in [4.78, 5) is 11.2. The van der Waals surface area contributed by atoms with Crippen LogP contribution in [0, 0.1) is 0 Å². The van der Waals surface area contributed by atoms with E-state index in [2.05, 4.69) is 36.5 Å². The van der Waals surface area contributed by atoms with Gasteiger partial charge in [0.05, 0.1) is 5.56 Å². The molecule has 0 spiro atoms. The Morgan fingerprint density at radius 1 is 1.13 bits per heavy atom. The molecule has 0 aliphatic carbocycles. The Kier molecular flexibility index (Phi) is 6.18.